The Hall–Kier alpha value is -1.21. The number of hydrogen-bond donors (Lipinski definition) is 0. The summed E-state index contributed by atoms with van der Waals surface area (Å²) in [7, 11) is 0. The van der Waals surface area contributed by atoms with E-state index in [0.29, 0.717) is 17.3 Å². The molecule has 1 heterocycles. The summed E-state index contributed by atoms with van der Waals surface area (Å²) in [6.07, 6.45) is 16.8. The Balaban J connectivity index is 1.78. The monoisotopic (exact) mass is 280 g/mol. The summed E-state index contributed by atoms with van der Waals surface area (Å²) in [5, 5.41) is 0. The largest absolute Gasteiger partial charge is 0.162 e. The Labute approximate surface area is 125 Å². The van der Waals surface area contributed by atoms with Crippen LogP contribution >= 0.6 is 11.8 Å². The maximum Gasteiger partial charge on any atom is 0.00929 e. The zero-order valence-corrected chi connectivity index (χ0v) is 12.5. The van der Waals surface area contributed by atoms with E-state index >= 15 is 0 Å². The van der Waals surface area contributed by atoms with Crippen molar-refractivity contribution in [1.82, 2.24) is 0 Å². The minimum absolute atomic E-state index is 0.401. The summed E-state index contributed by atoms with van der Waals surface area (Å²) in [5.41, 5.74) is 3.38. The average Bonchev–Trinajstić information content (AvgIpc) is 3.18. The highest BCUT2D eigenvalue weighted by molar-refractivity contribution is 7.99. The lowest BCUT2D eigenvalue weighted by molar-refractivity contribution is 0.185. The van der Waals surface area contributed by atoms with Gasteiger partial charge < -0.3 is 0 Å². The molecule has 0 nitrogen and oxygen atoms in total. The molecule has 20 heavy (non-hydrogen) atoms. The van der Waals surface area contributed by atoms with Crippen LogP contribution in [0.25, 0.3) is 6.08 Å². The van der Waals surface area contributed by atoms with Crippen molar-refractivity contribution in [1.29, 1.82) is 0 Å². The Morgan fingerprint density at radius 1 is 0.950 bits per heavy atom. The summed E-state index contributed by atoms with van der Waals surface area (Å²) in [5.74, 6) is 3.83. The molecule has 1 saturated heterocycles. The van der Waals surface area contributed by atoms with Gasteiger partial charge in [-0.05, 0) is 40.9 Å². The number of allylic oxidation sites excluding steroid dienone is 5. The van der Waals surface area contributed by atoms with Crippen LogP contribution in [0.4, 0.5) is 0 Å². The van der Waals surface area contributed by atoms with Gasteiger partial charge in [0, 0.05) is 11.8 Å². The van der Waals surface area contributed by atoms with Crippen molar-refractivity contribution in [2.24, 2.45) is 11.3 Å². The predicted molar refractivity (Wildman–Crippen MR) is 89.0 cm³/mol. The molecule has 0 saturated carbocycles. The van der Waals surface area contributed by atoms with Crippen molar-refractivity contribution in [3.8, 4) is 0 Å². The molecule has 2 aliphatic carbocycles. The van der Waals surface area contributed by atoms with Crippen LogP contribution < -0.4 is 0 Å². The Morgan fingerprint density at radius 2 is 1.70 bits per heavy atom. The fourth-order valence-corrected chi connectivity index (χ4v) is 5.42. The lowest BCUT2D eigenvalue weighted by atomic mass is 9.62. The van der Waals surface area contributed by atoms with Crippen LogP contribution in [0.2, 0.25) is 0 Å². The van der Waals surface area contributed by atoms with Gasteiger partial charge >= 0.3 is 0 Å². The van der Waals surface area contributed by atoms with Crippen LogP contribution in [0.3, 0.4) is 0 Å². The third-order valence-corrected chi connectivity index (χ3v) is 6.24. The molecule has 4 rings (SSSR count). The third kappa shape index (κ3) is 1.83. The lowest BCUT2D eigenvalue weighted by Crippen LogP contribution is -2.37. The molecule has 1 aromatic carbocycles. The maximum atomic E-state index is 2.47. The van der Waals surface area contributed by atoms with Gasteiger partial charge in [0.1, 0.15) is 0 Å². The molecule has 3 aliphatic rings. The molecular formula is C19H20S. The van der Waals surface area contributed by atoms with Gasteiger partial charge in [-0.25, -0.2) is 0 Å². The van der Waals surface area contributed by atoms with E-state index in [1.165, 1.54) is 29.9 Å². The SMILES string of the molecule is C1=CC(C2(C3C=Cc4ccccc43)CCSCC2)C=C1. The summed E-state index contributed by atoms with van der Waals surface area (Å²) in [6.45, 7) is 0. The van der Waals surface area contributed by atoms with Crippen LogP contribution in [0.1, 0.15) is 29.9 Å². The van der Waals surface area contributed by atoms with Gasteiger partial charge in [-0.1, -0.05) is 60.7 Å². The summed E-state index contributed by atoms with van der Waals surface area (Å²) in [4.78, 5) is 0. The van der Waals surface area contributed by atoms with Gasteiger partial charge in [0.2, 0.25) is 0 Å². The van der Waals surface area contributed by atoms with E-state index in [-0.39, 0.29) is 0 Å². The van der Waals surface area contributed by atoms with Crippen LogP contribution in [0.15, 0.2) is 54.6 Å². The fraction of sp³-hybridized carbons (Fsp3) is 0.368. The van der Waals surface area contributed by atoms with E-state index in [1.807, 2.05) is 0 Å². The van der Waals surface area contributed by atoms with Crippen LogP contribution in [-0.2, 0) is 0 Å². The highest BCUT2D eigenvalue weighted by Gasteiger charge is 2.45. The Bertz CT molecular complexity index is 576. The molecule has 0 aromatic heterocycles. The smallest absolute Gasteiger partial charge is 0.00929 e. The molecule has 102 valence electrons. The predicted octanol–water partition coefficient (Wildman–Crippen LogP) is 5.05. The molecule has 1 aromatic rings. The number of thioether (sulfide) groups is 1. The van der Waals surface area contributed by atoms with E-state index < -0.39 is 0 Å². The summed E-state index contributed by atoms with van der Waals surface area (Å²) >= 11 is 2.12. The molecule has 0 radical (unpaired) electrons. The first-order valence-corrected chi connectivity index (χ1v) is 8.75. The number of benzene rings is 1. The molecule has 0 bridgehead atoms. The highest BCUT2D eigenvalue weighted by atomic mass is 32.2. The van der Waals surface area contributed by atoms with Gasteiger partial charge in [0.05, 0.1) is 0 Å². The van der Waals surface area contributed by atoms with E-state index in [1.54, 1.807) is 5.56 Å². The minimum atomic E-state index is 0.401. The zero-order valence-electron chi connectivity index (χ0n) is 11.7. The summed E-state index contributed by atoms with van der Waals surface area (Å²) in [6, 6.07) is 8.96. The summed E-state index contributed by atoms with van der Waals surface area (Å²) < 4.78 is 0. The topological polar surface area (TPSA) is 0 Å². The molecule has 0 N–H and O–H groups in total. The van der Waals surface area contributed by atoms with Gasteiger partial charge in [-0.2, -0.15) is 11.8 Å². The average molecular weight is 280 g/mol. The lowest BCUT2D eigenvalue weighted by Gasteiger charge is -2.45. The highest BCUT2D eigenvalue weighted by Crippen LogP contribution is 2.56. The van der Waals surface area contributed by atoms with Crippen LogP contribution in [0.5, 0.6) is 0 Å². The first-order chi connectivity index (χ1) is 9.90. The number of rotatable bonds is 2. The molecule has 1 fully saturated rings. The van der Waals surface area contributed by atoms with Crippen LogP contribution in [0, 0.1) is 11.3 Å². The molecule has 0 amide bonds. The third-order valence-electron chi connectivity index (χ3n) is 5.25. The first-order valence-electron chi connectivity index (χ1n) is 7.60. The van der Waals surface area contributed by atoms with Crippen molar-refractivity contribution >= 4 is 17.8 Å². The van der Waals surface area contributed by atoms with Crippen molar-refractivity contribution in [3.63, 3.8) is 0 Å². The normalized spacial score (nSPS) is 27.1. The molecule has 1 aliphatic heterocycles. The second kappa shape index (κ2) is 4.96. The van der Waals surface area contributed by atoms with Crippen molar-refractivity contribution in [3.05, 3.63) is 65.8 Å². The Morgan fingerprint density at radius 3 is 2.50 bits per heavy atom. The second-order valence-corrected chi connectivity index (χ2v) is 7.33. The maximum absolute atomic E-state index is 2.47. The van der Waals surface area contributed by atoms with E-state index in [2.05, 4.69) is 72.5 Å². The minimum Gasteiger partial charge on any atom is -0.162 e. The first kappa shape index (κ1) is 12.5. The molecule has 1 unspecified atom stereocenters. The van der Waals surface area contributed by atoms with E-state index in [4.69, 9.17) is 0 Å². The molecule has 1 atom stereocenters. The second-order valence-electron chi connectivity index (χ2n) is 6.11. The van der Waals surface area contributed by atoms with Crippen molar-refractivity contribution < 1.29 is 0 Å². The van der Waals surface area contributed by atoms with E-state index in [9.17, 15) is 0 Å². The molecule has 1 heteroatoms. The standard InChI is InChI=1S/C19H20S/c1-4-8-17-15(5-1)9-10-18(17)19(11-13-20-14-12-19)16-6-2-3-7-16/h1-10,16,18H,11-14H2. The van der Waals surface area contributed by atoms with Crippen molar-refractivity contribution in [2.75, 3.05) is 11.5 Å². The Kier molecular flexibility index (Phi) is 3.11. The number of hydrogen-bond acceptors (Lipinski definition) is 1. The quantitative estimate of drug-likeness (QED) is 0.730. The molecule has 0 spiro atoms. The van der Waals surface area contributed by atoms with E-state index in [0.717, 1.165) is 0 Å². The van der Waals surface area contributed by atoms with Gasteiger partial charge in [-0.15, -0.1) is 0 Å². The number of fused-ring (bicyclic) bond motifs is 1. The van der Waals surface area contributed by atoms with Crippen molar-refractivity contribution in [2.45, 2.75) is 18.8 Å². The fourth-order valence-electron chi connectivity index (χ4n) is 4.17. The van der Waals surface area contributed by atoms with Crippen LogP contribution in [-0.4, -0.2) is 11.5 Å². The van der Waals surface area contributed by atoms with Gasteiger partial charge in [-0.3, -0.25) is 0 Å². The molecular weight excluding hydrogens is 260 g/mol. The van der Waals surface area contributed by atoms with Gasteiger partial charge in [0.25, 0.3) is 0 Å². The zero-order chi connectivity index (χ0) is 13.4. The van der Waals surface area contributed by atoms with Gasteiger partial charge in [0.15, 0.2) is 0 Å².